The lowest BCUT2D eigenvalue weighted by Crippen LogP contribution is -2.24. The van der Waals surface area contributed by atoms with Crippen LogP contribution in [-0.2, 0) is 4.79 Å². The molecule has 5 N–H and O–H groups in total. The van der Waals surface area contributed by atoms with Crippen LogP contribution in [0.2, 0.25) is 0 Å². The molecule has 0 spiro atoms. The number of amides is 1. The number of carbonyl (C=O) groups excluding carboxylic acids is 1. The van der Waals surface area contributed by atoms with Crippen LogP contribution >= 0.6 is 0 Å². The summed E-state index contributed by atoms with van der Waals surface area (Å²) >= 11 is 0. The maximum Gasteiger partial charge on any atom is 0.219 e. The number of nitrogens with one attached hydrogen (secondary N) is 1. The van der Waals surface area contributed by atoms with Crippen molar-refractivity contribution in [3.05, 3.63) is 17.8 Å². The second-order valence-electron chi connectivity index (χ2n) is 3.61. The highest BCUT2D eigenvalue weighted by Crippen LogP contribution is 2.19. The van der Waals surface area contributed by atoms with Crippen molar-refractivity contribution in [1.82, 2.24) is 4.98 Å². The molecule has 0 saturated heterocycles. The van der Waals surface area contributed by atoms with Crippen molar-refractivity contribution in [1.29, 1.82) is 0 Å². The van der Waals surface area contributed by atoms with Gasteiger partial charge in [-0.1, -0.05) is 0 Å². The van der Waals surface area contributed by atoms with Crippen molar-refractivity contribution in [2.24, 2.45) is 5.73 Å². The average Bonchev–Trinajstić information content (AvgIpc) is 2.11. The van der Waals surface area contributed by atoms with Gasteiger partial charge in [0.1, 0.15) is 5.82 Å². The Morgan fingerprint density at radius 1 is 1.67 bits per heavy atom. The Kier molecular flexibility index (Phi) is 3.49. The quantitative estimate of drug-likeness (QED) is 0.677. The third kappa shape index (κ3) is 3.12. The van der Waals surface area contributed by atoms with Crippen molar-refractivity contribution < 1.29 is 4.79 Å². The molecule has 5 nitrogen and oxygen atoms in total. The molecule has 0 aliphatic carbocycles. The van der Waals surface area contributed by atoms with E-state index in [9.17, 15) is 4.79 Å². The number of nitrogen functional groups attached to an aromatic ring is 1. The van der Waals surface area contributed by atoms with E-state index in [-0.39, 0.29) is 18.4 Å². The summed E-state index contributed by atoms with van der Waals surface area (Å²) < 4.78 is 0. The predicted molar refractivity (Wildman–Crippen MR) is 60.3 cm³/mol. The van der Waals surface area contributed by atoms with Crippen molar-refractivity contribution in [2.75, 3.05) is 11.1 Å². The first kappa shape index (κ1) is 11.3. The standard InChI is InChI=1S/C10H16N4O/c1-6-3-4-13-10(9(6)12)14-7(2)5-8(11)15/h3-4,7H,5,12H2,1-2H3,(H2,11,15)(H,13,14). The third-order valence-electron chi connectivity index (χ3n) is 2.10. The number of anilines is 2. The van der Waals surface area contributed by atoms with Crippen molar-refractivity contribution in [2.45, 2.75) is 26.3 Å². The molecule has 15 heavy (non-hydrogen) atoms. The predicted octanol–water partition coefficient (Wildman–Crippen LogP) is 0.648. The molecule has 0 radical (unpaired) electrons. The first-order valence-electron chi connectivity index (χ1n) is 4.76. The lowest BCUT2D eigenvalue weighted by atomic mass is 10.2. The Hall–Kier alpha value is -1.78. The normalized spacial score (nSPS) is 12.1. The highest BCUT2D eigenvalue weighted by Gasteiger charge is 2.09. The molecule has 5 heteroatoms. The van der Waals surface area contributed by atoms with E-state index < -0.39 is 0 Å². The number of carbonyl (C=O) groups is 1. The van der Waals surface area contributed by atoms with Crippen LogP contribution < -0.4 is 16.8 Å². The van der Waals surface area contributed by atoms with Crippen molar-refractivity contribution in [3.8, 4) is 0 Å². The summed E-state index contributed by atoms with van der Waals surface area (Å²) in [5, 5.41) is 3.05. The van der Waals surface area contributed by atoms with Crippen LogP contribution in [0.3, 0.4) is 0 Å². The molecule has 0 bridgehead atoms. The smallest absolute Gasteiger partial charge is 0.219 e. The van der Waals surface area contributed by atoms with E-state index >= 15 is 0 Å². The number of aromatic nitrogens is 1. The Labute approximate surface area is 88.9 Å². The minimum Gasteiger partial charge on any atom is -0.396 e. The Morgan fingerprint density at radius 2 is 2.33 bits per heavy atom. The molecule has 0 saturated carbocycles. The number of nitrogens with zero attached hydrogens (tertiary/aromatic N) is 1. The van der Waals surface area contributed by atoms with E-state index in [2.05, 4.69) is 10.3 Å². The van der Waals surface area contributed by atoms with Crippen LogP contribution in [0.15, 0.2) is 12.3 Å². The van der Waals surface area contributed by atoms with E-state index in [1.807, 2.05) is 19.9 Å². The highest BCUT2D eigenvalue weighted by molar-refractivity contribution is 5.75. The molecule has 0 fully saturated rings. The fourth-order valence-electron chi connectivity index (χ4n) is 1.27. The number of rotatable bonds is 4. The molecule has 0 aromatic carbocycles. The molecule has 1 aromatic rings. The summed E-state index contributed by atoms with van der Waals surface area (Å²) in [7, 11) is 0. The molecule has 1 amide bonds. The first-order chi connectivity index (χ1) is 7.00. The largest absolute Gasteiger partial charge is 0.396 e. The number of pyridine rings is 1. The van der Waals surface area contributed by atoms with Gasteiger partial charge in [0, 0.05) is 18.7 Å². The van der Waals surface area contributed by atoms with Crippen molar-refractivity contribution >= 4 is 17.4 Å². The summed E-state index contributed by atoms with van der Waals surface area (Å²) in [6.07, 6.45) is 1.93. The number of hydrogen-bond acceptors (Lipinski definition) is 4. The SMILES string of the molecule is Cc1ccnc(NC(C)CC(N)=O)c1N. The molecule has 1 heterocycles. The molecule has 1 atom stereocenters. The van der Waals surface area contributed by atoms with Gasteiger partial charge in [-0.2, -0.15) is 0 Å². The summed E-state index contributed by atoms with van der Waals surface area (Å²) in [6, 6.07) is 1.76. The van der Waals surface area contributed by atoms with E-state index in [1.54, 1.807) is 6.20 Å². The monoisotopic (exact) mass is 208 g/mol. The summed E-state index contributed by atoms with van der Waals surface area (Å²) in [5.41, 5.74) is 12.5. The minimum atomic E-state index is -0.346. The van der Waals surface area contributed by atoms with E-state index in [4.69, 9.17) is 11.5 Å². The molecule has 0 aliphatic rings. The van der Waals surface area contributed by atoms with Gasteiger partial charge in [0.05, 0.1) is 5.69 Å². The van der Waals surface area contributed by atoms with Gasteiger partial charge in [-0.25, -0.2) is 4.98 Å². The maximum atomic E-state index is 10.7. The molecule has 1 unspecified atom stereocenters. The van der Waals surface area contributed by atoms with Crippen LogP contribution in [0.1, 0.15) is 18.9 Å². The van der Waals surface area contributed by atoms with Crippen LogP contribution in [0.25, 0.3) is 0 Å². The lowest BCUT2D eigenvalue weighted by Gasteiger charge is -2.15. The Balaban J connectivity index is 2.72. The zero-order chi connectivity index (χ0) is 11.4. The van der Waals surface area contributed by atoms with E-state index in [1.165, 1.54) is 0 Å². The highest BCUT2D eigenvalue weighted by atomic mass is 16.1. The number of nitrogens with two attached hydrogens (primary N) is 2. The van der Waals surface area contributed by atoms with Gasteiger partial charge < -0.3 is 16.8 Å². The number of hydrogen-bond donors (Lipinski definition) is 3. The Morgan fingerprint density at radius 3 is 2.93 bits per heavy atom. The van der Waals surface area contributed by atoms with Gasteiger partial charge in [-0.3, -0.25) is 4.79 Å². The van der Waals surface area contributed by atoms with Crippen LogP contribution in [0.4, 0.5) is 11.5 Å². The molecule has 82 valence electrons. The summed E-state index contributed by atoms with van der Waals surface area (Å²) in [4.78, 5) is 14.8. The minimum absolute atomic E-state index is 0.0703. The van der Waals surface area contributed by atoms with Crippen LogP contribution in [0.5, 0.6) is 0 Å². The first-order valence-corrected chi connectivity index (χ1v) is 4.76. The fraction of sp³-hybridized carbons (Fsp3) is 0.400. The third-order valence-corrected chi connectivity index (χ3v) is 2.10. The molecular weight excluding hydrogens is 192 g/mol. The lowest BCUT2D eigenvalue weighted by molar-refractivity contribution is -0.118. The second-order valence-corrected chi connectivity index (χ2v) is 3.61. The maximum absolute atomic E-state index is 10.7. The van der Waals surface area contributed by atoms with Gasteiger partial charge in [0.2, 0.25) is 5.91 Å². The van der Waals surface area contributed by atoms with Gasteiger partial charge in [-0.15, -0.1) is 0 Å². The van der Waals surface area contributed by atoms with Gasteiger partial charge in [0.25, 0.3) is 0 Å². The zero-order valence-corrected chi connectivity index (χ0v) is 8.95. The summed E-state index contributed by atoms with van der Waals surface area (Å²) in [6.45, 7) is 3.76. The number of primary amides is 1. The topological polar surface area (TPSA) is 94.0 Å². The molecular formula is C10H16N4O. The van der Waals surface area contributed by atoms with Crippen LogP contribution in [-0.4, -0.2) is 16.9 Å². The number of aryl methyl sites for hydroxylation is 1. The zero-order valence-electron chi connectivity index (χ0n) is 8.95. The van der Waals surface area contributed by atoms with Gasteiger partial charge >= 0.3 is 0 Å². The van der Waals surface area contributed by atoms with Gasteiger partial charge in [0.15, 0.2) is 0 Å². The fourth-order valence-corrected chi connectivity index (χ4v) is 1.27. The summed E-state index contributed by atoms with van der Waals surface area (Å²) in [5.74, 6) is 0.255. The molecule has 1 rings (SSSR count). The van der Waals surface area contributed by atoms with E-state index in [0.717, 1.165) is 5.56 Å². The second kappa shape index (κ2) is 4.63. The van der Waals surface area contributed by atoms with Crippen LogP contribution in [0, 0.1) is 6.92 Å². The molecule has 0 aliphatic heterocycles. The Bertz CT molecular complexity index is 364. The average molecular weight is 208 g/mol. The molecule has 1 aromatic heterocycles. The van der Waals surface area contributed by atoms with E-state index in [0.29, 0.717) is 11.5 Å². The van der Waals surface area contributed by atoms with Gasteiger partial charge in [-0.05, 0) is 25.5 Å². The van der Waals surface area contributed by atoms with Crippen molar-refractivity contribution in [3.63, 3.8) is 0 Å².